The Kier molecular flexibility index (Phi) is 5.07. The zero-order valence-corrected chi connectivity index (χ0v) is 10.6. The molecule has 0 aliphatic carbocycles. The lowest BCUT2D eigenvalue weighted by Gasteiger charge is -2.18. The van der Waals surface area contributed by atoms with Gasteiger partial charge in [0, 0.05) is 6.04 Å². The van der Waals surface area contributed by atoms with Crippen molar-refractivity contribution in [3.8, 4) is 5.75 Å². The fourth-order valence-corrected chi connectivity index (χ4v) is 1.30. The van der Waals surface area contributed by atoms with Crippen molar-refractivity contribution in [2.75, 3.05) is 0 Å². The lowest BCUT2D eigenvalue weighted by Crippen LogP contribution is -2.36. The summed E-state index contributed by atoms with van der Waals surface area (Å²) in [6.07, 6.45) is 0. The number of carbonyl (C=O) groups is 1. The second-order valence-corrected chi connectivity index (χ2v) is 4.38. The molecule has 1 amide bonds. The number of para-hydroxylation sites is 1. The van der Waals surface area contributed by atoms with Crippen LogP contribution in [0.1, 0.15) is 31.1 Å². The number of hydrogen-bond donors (Lipinski definition) is 1. The molecule has 1 rings (SSSR count). The molecule has 18 heavy (non-hydrogen) atoms. The van der Waals surface area contributed by atoms with E-state index in [9.17, 15) is 13.6 Å². The quantitative estimate of drug-likeness (QED) is 0.880. The first kappa shape index (κ1) is 14.4. The number of ether oxygens (including phenoxy) is 1. The van der Waals surface area contributed by atoms with Crippen LogP contribution in [0, 0.1) is 5.92 Å². The van der Waals surface area contributed by atoms with E-state index in [-0.39, 0.29) is 23.3 Å². The fraction of sp³-hybridized carbons (Fsp3) is 0.462. The molecule has 1 atom stereocenters. The van der Waals surface area contributed by atoms with Crippen LogP contribution in [0.15, 0.2) is 24.3 Å². The summed E-state index contributed by atoms with van der Waals surface area (Å²) >= 11 is 0. The van der Waals surface area contributed by atoms with Crippen LogP contribution >= 0.6 is 0 Å². The molecule has 3 nitrogen and oxygen atoms in total. The fourth-order valence-electron chi connectivity index (χ4n) is 1.30. The van der Waals surface area contributed by atoms with E-state index in [0.29, 0.717) is 0 Å². The number of amides is 1. The zero-order valence-electron chi connectivity index (χ0n) is 10.6. The first-order valence-corrected chi connectivity index (χ1v) is 5.76. The molecule has 1 unspecified atom stereocenters. The summed E-state index contributed by atoms with van der Waals surface area (Å²) in [5.41, 5.74) is 0.116. The first-order chi connectivity index (χ1) is 8.41. The largest absolute Gasteiger partial charge is 0.434 e. The highest BCUT2D eigenvalue weighted by Crippen LogP contribution is 2.20. The van der Waals surface area contributed by atoms with Gasteiger partial charge in [0.25, 0.3) is 5.91 Å². The van der Waals surface area contributed by atoms with Gasteiger partial charge in [0.2, 0.25) is 0 Å². The van der Waals surface area contributed by atoms with Crippen LogP contribution in [0.5, 0.6) is 5.75 Å². The maximum absolute atomic E-state index is 12.2. The highest BCUT2D eigenvalue weighted by Gasteiger charge is 2.17. The summed E-state index contributed by atoms with van der Waals surface area (Å²) in [4.78, 5) is 11.9. The van der Waals surface area contributed by atoms with Gasteiger partial charge in [-0.1, -0.05) is 26.0 Å². The summed E-state index contributed by atoms with van der Waals surface area (Å²) in [6, 6.07) is 5.91. The molecule has 5 heteroatoms. The molecule has 1 aromatic rings. The highest BCUT2D eigenvalue weighted by molar-refractivity contribution is 5.97. The van der Waals surface area contributed by atoms with Crippen molar-refractivity contribution in [1.29, 1.82) is 0 Å². The molecule has 0 aromatic heterocycles. The van der Waals surface area contributed by atoms with Gasteiger partial charge in [0.15, 0.2) is 0 Å². The van der Waals surface area contributed by atoms with Crippen LogP contribution in [0.4, 0.5) is 8.78 Å². The van der Waals surface area contributed by atoms with Gasteiger partial charge in [-0.2, -0.15) is 8.78 Å². The minimum atomic E-state index is -2.94. The molecule has 0 aliphatic rings. The lowest BCUT2D eigenvalue weighted by molar-refractivity contribution is -0.0501. The normalized spacial score (nSPS) is 12.6. The average molecular weight is 257 g/mol. The van der Waals surface area contributed by atoms with Crippen LogP contribution in [-0.4, -0.2) is 18.6 Å². The molecule has 0 saturated carbocycles. The maximum atomic E-state index is 12.2. The number of nitrogens with one attached hydrogen (secondary N) is 1. The number of benzene rings is 1. The molecular formula is C13H17F2NO2. The Labute approximate surface area is 105 Å². The Morgan fingerprint density at radius 2 is 1.83 bits per heavy atom. The zero-order chi connectivity index (χ0) is 13.7. The number of rotatable bonds is 5. The van der Waals surface area contributed by atoms with Gasteiger partial charge in [-0.25, -0.2) is 0 Å². The molecule has 0 radical (unpaired) electrons. The summed E-state index contributed by atoms with van der Waals surface area (Å²) in [7, 11) is 0. The third-order valence-electron chi connectivity index (χ3n) is 2.71. The van der Waals surface area contributed by atoms with Crippen molar-refractivity contribution in [3.05, 3.63) is 29.8 Å². The SMILES string of the molecule is CC(C)C(C)NC(=O)c1ccccc1OC(F)F. The third kappa shape index (κ3) is 3.98. The Bertz CT molecular complexity index is 408. The van der Waals surface area contributed by atoms with Gasteiger partial charge < -0.3 is 10.1 Å². The minimum absolute atomic E-state index is 0.0443. The highest BCUT2D eigenvalue weighted by atomic mass is 19.3. The Balaban J connectivity index is 2.85. The smallest absolute Gasteiger partial charge is 0.387 e. The van der Waals surface area contributed by atoms with Crippen LogP contribution < -0.4 is 10.1 Å². The molecule has 100 valence electrons. The topological polar surface area (TPSA) is 38.3 Å². The molecule has 0 heterocycles. The molecule has 0 aliphatic heterocycles. The van der Waals surface area contributed by atoms with Crippen molar-refractivity contribution in [2.24, 2.45) is 5.92 Å². The average Bonchev–Trinajstić information content (AvgIpc) is 2.28. The van der Waals surface area contributed by atoms with E-state index < -0.39 is 12.5 Å². The maximum Gasteiger partial charge on any atom is 0.387 e. The lowest BCUT2D eigenvalue weighted by atomic mass is 10.1. The van der Waals surface area contributed by atoms with E-state index in [4.69, 9.17) is 0 Å². The van der Waals surface area contributed by atoms with Crippen molar-refractivity contribution in [1.82, 2.24) is 5.32 Å². The number of halogens is 2. The second-order valence-electron chi connectivity index (χ2n) is 4.38. The van der Waals surface area contributed by atoms with Crippen LogP contribution in [0.3, 0.4) is 0 Å². The Morgan fingerprint density at radius 3 is 2.39 bits per heavy atom. The number of carbonyl (C=O) groups excluding carboxylic acids is 1. The van der Waals surface area contributed by atoms with E-state index in [1.54, 1.807) is 12.1 Å². The van der Waals surface area contributed by atoms with E-state index >= 15 is 0 Å². The predicted molar refractivity (Wildman–Crippen MR) is 64.8 cm³/mol. The minimum Gasteiger partial charge on any atom is -0.434 e. The first-order valence-electron chi connectivity index (χ1n) is 5.76. The van der Waals surface area contributed by atoms with Gasteiger partial charge in [0.1, 0.15) is 5.75 Å². The molecule has 0 spiro atoms. The summed E-state index contributed by atoms with van der Waals surface area (Å²) in [6.45, 7) is 2.85. The number of hydrogen-bond acceptors (Lipinski definition) is 2. The van der Waals surface area contributed by atoms with Gasteiger partial charge in [-0.3, -0.25) is 4.79 Å². The van der Waals surface area contributed by atoms with Crippen LogP contribution in [0.25, 0.3) is 0 Å². The van der Waals surface area contributed by atoms with E-state index in [1.165, 1.54) is 12.1 Å². The van der Waals surface area contributed by atoms with E-state index in [2.05, 4.69) is 10.1 Å². The van der Waals surface area contributed by atoms with Gasteiger partial charge in [-0.05, 0) is 25.0 Å². The van der Waals surface area contributed by atoms with Crippen LogP contribution in [0.2, 0.25) is 0 Å². The van der Waals surface area contributed by atoms with E-state index in [1.807, 2.05) is 20.8 Å². The third-order valence-corrected chi connectivity index (χ3v) is 2.71. The van der Waals surface area contributed by atoms with Crippen molar-refractivity contribution < 1.29 is 18.3 Å². The molecule has 1 N–H and O–H groups in total. The van der Waals surface area contributed by atoms with Crippen molar-refractivity contribution in [2.45, 2.75) is 33.4 Å². The monoisotopic (exact) mass is 257 g/mol. The van der Waals surface area contributed by atoms with Gasteiger partial charge in [0.05, 0.1) is 5.56 Å². The predicted octanol–water partition coefficient (Wildman–Crippen LogP) is 3.06. The molecule has 1 aromatic carbocycles. The summed E-state index contributed by atoms with van der Waals surface area (Å²) in [5, 5.41) is 2.75. The molecule has 0 saturated heterocycles. The molecule has 0 bridgehead atoms. The second kappa shape index (κ2) is 6.33. The standard InChI is InChI=1S/C13H17F2NO2/c1-8(2)9(3)16-12(17)10-6-4-5-7-11(10)18-13(14)15/h4-9,13H,1-3H3,(H,16,17). The van der Waals surface area contributed by atoms with Crippen molar-refractivity contribution in [3.63, 3.8) is 0 Å². The van der Waals surface area contributed by atoms with Crippen molar-refractivity contribution >= 4 is 5.91 Å². The van der Waals surface area contributed by atoms with Crippen LogP contribution in [-0.2, 0) is 0 Å². The van der Waals surface area contributed by atoms with E-state index in [0.717, 1.165) is 0 Å². The Hall–Kier alpha value is -1.65. The van der Waals surface area contributed by atoms with Gasteiger partial charge in [-0.15, -0.1) is 0 Å². The number of alkyl halides is 2. The molecule has 0 fully saturated rings. The summed E-state index contributed by atoms with van der Waals surface area (Å²) < 4.78 is 28.7. The van der Waals surface area contributed by atoms with Gasteiger partial charge >= 0.3 is 6.61 Å². The Morgan fingerprint density at radius 1 is 1.22 bits per heavy atom. The summed E-state index contributed by atoms with van der Waals surface area (Å²) in [5.74, 6) is -0.259. The molecular weight excluding hydrogens is 240 g/mol.